The molecule has 1 heterocycles. The fourth-order valence-electron chi connectivity index (χ4n) is 1.41. The van der Waals surface area contributed by atoms with Gasteiger partial charge in [0, 0.05) is 35.9 Å². The van der Waals surface area contributed by atoms with Crippen LogP contribution in [0.15, 0.2) is 30.6 Å². The summed E-state index contributed by atoms with van der Waals surface area (Å²) in [6.07, 6.45) is 3.41. The molecule has 2 aromatic rings. The third-order valence-corrected chi connectivity index (χ3v) is 3.02. The van der Waals surface area contributed by atoms with Gasteiger partial charge in [-0.3, -0.25) is 0 Å². The maximum Gasteiger partial charge on any atom is 0.321 e. The molecule has 6 heteroatoms. The van der Waals surface area contributed by atoms with Gasteiger partial charge in [0.15, 0.2) is 0 Å². The summed E-state index contributed by atoms with van der Waals surface area (Å²) in [6.45, 7) is 0. The highest BCUT2D eigenvalue weighted by Crippen LogP contribution is 2.29. The van der Waals surface area contributed by atoms with Gasteiger partial charge in [-0.1, -0.05) is 15.9 Å². The summed E-state index contributed by atoms with van der Waals surface area (Å²) < 4.78 is 15.9. The van der Waals surface area contributed by atoms with E-state index < -0.39 is 0 Å². The van der Waals surface area contributed by atoms with E-state index in [4.69, 9.17) is 14.2 Å². The number of methoxy groups -OCH3 is 2. The van der Waals surface area contributed by atoms with Crippen LogP contribution in [-0.2, 0) is 5.33 Å². The first-order chi connectivity index (χ1) is 9.25. The van der Waals surface area contributed by atoms with Crippen LogP contribution >= 0.6 is 15.9 Å². The molecule has 0 aliphatic heterocycles. The van der Waals surface area contributed by atoms with Crippen molar-refractivity contribution >= 4 is 15.9 Å². The zero-order chi connectivity index (χ0) is 13.7. The molecule has 0 atom stereocenters. The summed E-state index contributed by atoms with van der Waals surface area (Å²) in [4.78, 5) is 8.22. The number of alkyl halides is 1. The van der Waals surface area contributed by atoms with E-state index in [0.717, 1.165) is 5.56 Å². The monoisotopic (exact) mass is 324 g/mol. The lowest BCUT2D eigenvalue weighted by molar-refractivity contribution is 0.382. The topological polar surface area (TPSA) is 53.5 Å². The first-order valence-corrected chi connectivity index (χ1v) is 6.65. The molecule has 0 radical (unpaired) electrons. The number of rotatable bonds is 5. The van der Waals surface area contributed by atoms with Crippen LogP contribution in [0.4, 0.5) is 0 Å². The van der Waals surface area contributed by atoms with Crippen LogP contribution in [0, 0.1) is 0 Å². The van der Waals surface area contributed by atoms with Crippen molar-refractivity contribution < 1.29 is 14.2 Å². The highest BCUT2D eigenvalue weighted by atomic mass is 79.9. The summed E-state index contributed by atoms with van der Waals surface area (Å²) in [5.41, 5.74) is 0.982. The van der Waals surface area contributed by atoms with Gasteiger partial charge in [0.2, 0.25) is 0 Å². The van der Waals surface area contributed by atoms with Crippen molar-refractivity contribution in [2.45, 2.75) is 5.33 Å². The van der Waals surface area contributed by atoms with Gasteiger partial charge >= 0.3 is 6.01 Å². The lowest BCUT2D eigenvalue weighted by atomic mass is 10.3. The molecule has 5 nitrogen and oxygen atoms in total. The molecule has 0 unspecified atom stereocenters. The van der Waals surface area contributed by atoms with Gasteiger partial charge in [-0.25, -0.2) is 9.97 Å². The van der Waals surface area contributed by atoms with Gasteiger partial charge in [0.25, 0.3) is 0 Å². The Morgan fingerprint density at radius 3 is 1.95 bits per heavy atom. The Labute approximate surface area is 119 Å². The molecule has 0 aliphatic carbocycles. The molecule has 19 heavy (non-hydrogen) atoms. The van der Waals surface area contributed by atoms with Gasteiger partial charge in [0.05, 0.1) is 14.2 Å². The minimum atomic E-state index is 0.278. The van der Waals surface area contributed by atoms with Crippen molar-refractivity contribution in [3.05, 3.63) is 36.2 Å². The van der Waals surface area contributed by atoms with Crippen LogP contribution < -0.4 is 14.2 Å². The van der Waals surface area contributed by atoms with Gasteiger partial charge in [-0.15, -0.1) is 0 Å². The Bertz CT molecular complexity index is 524. The normalized spacial score (nSPS) is 10.1. The van der Waals surface area contributed by atoms with E-state index in [2.05, 4.69) is 25.9 Å². The number of ether oxygens (including phenoxy) is 3. The Morgan fingerprint density at radius 2 is 1.47 bits per heavy atom. The van der Waals surface area contributed by atoms with Crippen molar-refractivity contribution in [2.24, 2.45) is 0 Å². The molecular weight excluding hydrogens is 312 g/mol. The predicted molar refractivity (Wildman–Crippen MR) is 74.3 cm³/mol. The fraction of sp³-hybridized carbons (Fsp3) is 0.231. The van der Waals surface area contributed by atoms with Crippen molar-refractivity contribution in [1.82, 2.24) is 9.97 Å². The minimum absolute atomic E-state index is 0.278. The molecule has 0 fully saturated rings. The van der Waals surface area contributed by atoms with E-state index in [0.29, 0.717) is 22.6 Å². The molecule has 2 rings (SSSR count). The van der Waals surface area contributed by atoms with E-state index in [-0.39, 0.29) is 6.01 Å². The largest absolute Gasteiger partial charge is 0.496 e. The number of hydrogen-bond donors (Lipinski definition) is 0. The lowest BCUT2D eigenvalue weighted by Gasteiger charge is -2.08. The van der Waals surface area contributed by atoms with Crippen molar-refractivity contribution in [3.63, 3.8) is 0 Å². The smallest absolute Gasteiger partial charge is 0.321 e. The molecule has 0 saturated carbocycles. The van der Waals surface area contributed by atoms with Crippen LogP contribution in [0.3, 0.4) is 0 Å². The standard InChI is InChI=1S/C13H13BrN2O3/c1-17-10-3-11(18-2)5-12(4-10)19-13-15-7-9(6-14)8-16-13/h3-5,7-8H,6H2,1-2H3. The van der Waals surface area contributed by atoms with Crippen LogP contribution in [0.5, 0.6) is 23.3 Å². The Kier molecular flexibility index (Phi) is 4.57. The van der Waals surface area contributed by atoms with Crippen molar-refractivity contribution in [1.29, 1.82) is 0 Å². The fourth-order valence-corrected chi connectivity index (χ4v) is 1.70. The van der Waals surface area contributed by atoms with Crippen LogP contribution in [0.25, 0.3) is 0 Å². The van der Waals surface area contributed by atoms with E-state index in [9.17, 15) is 0 Å². The van der Waals surface area contributed by atoms with Gasteiger partial charge in [0.1, 0.15) is 17.2 Å². The highest BCUT2D eigenvalue weighted by Gasteiger charge is 2.05. The summed E-state index contributed by atoms with van der Waals surface area (Å²) >= 11 is 3.33. The molecule has 100 valence electrons. The maximum absolute atomic E-state index is 5.57. The second-order valence-corrected chi connectivity index (χ2v) is 4.22. The van der Waals surface area contributed by atoms with Crippen LogP contribution in [0.2, 0.25) is 0 Å². The first kappa shape index (κ1) is 13.6. The number of aromatic nitrogens is 2. The zero-order valence-corrected chi connectivity index (χ0v) is 12.2. The second-order valence-electron chi connectivity index (χ2n) is 3.66. The Morgan fingerprint density at radius 1 is 0.947 bits per heavy atom. The number of hydrogen-bond acceptors (Lipinski definition) is 5. The number of benzene rings is 1. The second kappa shape index (κ2) is 6.38. The Hall–Kier alpha value is -1.82. The molecule has 1 aromatic heterocycles. The minimum Gasteiger partial charge on any atom is -0.496 e. The SMILES string of the molecule is COc1cc(OC)cc(Oc2ncc(CBr)cn2)c1. The van der Waals surface area contributed by atoms with Gasteiger partial charge < -0.3 is 14.2 Å². The van der Waals surface area contributed by atoms with Crippen molar-refractivity contribution in [2.75, 3.05) is 14.2 Å². The molecule has 0 aliphatic rings. The summed E-state index contributed by atoms with van der Waals surface area (Å²) in [5, 5.41) is 0.709. The molecule has 0 spiro atoms. The molecule has 0 amide bonds. The molecule has 0 saturated heterocycles. The highest BCUT2D eigenvalue weighted by molar-refractivity contribution is 9.08. The van der Waals surface area contributed by atoms with E-state index in [1.807, 2.05) is 0 Å². The molecule has 1 aromatic carbocycles. The summed E-state index contributed by atoms with van der Waals surface area (Å²) in [5.74, 6) is 1.85. The number of halogens is 1. The Balaban J connectivity index is 2.21. The molecular formula is C13H13BrN2O3. The van der Waals surface area contributed by atoms with Gasteiger partial charge in [-0.2, -0.15) is 0 Å². The first-order valence-electron chi connectivity index (χ1n) is 5.53. The summed E-state index contributed by atoms with van der Waals surface area (Å²) in [7, 11) is 3.17. The van der Waals surface area contributed by atoms with Gasteiger partial charge in [-0.05, 0) is 5.56 Å². The third kappa shape index (κ3) is 3.57. The average molecular weight is 325 g/mol. The number of nitrogens with zero attached hydrogens (tertiary/aromatic N) is 2. The van der Waals surface area contributed by atoms with Crippen molar-refractivity contribution in [3.8, 4) is 23.3 Å². The zero-order valence-electron chi connectivity index (χ0n) is 10.6. The molecule has 0 N–H and O–H groups in total. The molecule has 0 bridgehead atoms. The maximum atomic E-state index is 5.57. The van der Waals surface area contributed by atoms with E-state index in [1.54, 1.807) is 44.8 Å². The predicted octanol–water partition coefficient (Wildman–Crippen LogP) is 3.18. The third-order valence-electron chi connectivity index (χ3n) is 2.37. The summed E-state index contributed by atoms with van der Waals surface area (Å²) in [6, 6.07) is 5.52. The van der Waals surface area contributed by atoms with Crippen LogP contribution in [-0.4, -0.2) is 24.2 Å². The quantitative estimate of drug-likeness (QED) is 0.790. The van der Waals surface area contributed by atoms with E-state index >= 15 is 0 Å². The van der Waals surface area contributed by atoms with E-state index in [1.165, 1.54) is 0 Å². The van der Waals surface area contributed by atoms with Crippen LogP contribution in [0.1, 0.15) is 5.56 Å². The lowest BCUT2D eigenvalue weighted by Crippen LogP contribution is -1.94. The average Bonchev–Trinajstić information content (AvgIpc) is 2.47.